The molecule has 2 unspecified atom stereocenters. The largest absolute Gasteiger partial charge is 0.702 e. The predicted octanol–water partition coefficient (Wildman–Crippen LogP) is 1.93. The van der Waals surface area contributed by atoms with E-state index in [2.05, 4.69) is 5.32 Å². The standard InChI is InChI=1S/C8H17N2S.C2H6.Cr/c1-9-7-5-3-4-6-8(7)10(2)11;1-2;/h7-9H,3-6H2,1-2H3;1-2H3;/q-1;;. The summed E-state index contributed by atoms with van der Waals surface area (Å²) in [5.74, 6) is 0. The molecule has 1 rings (SSSR count). The average Bonchev–Trinajstić information content (AvgIpc) is 2.20. The van der Waals surface area contributed by atoms with Crippen LogP contribution in [0.25, 0.3) is 0 Å². The summed E-state index contributed by atoms with van der Waals surface area (Å²) in [5.41, 5.74) is 0. The second kappa shape index (κ2) is 10.3. The fourth-order valence-corrected chi connectivity index (χ4v) is 2.14. The monoisotopic (exact) mass is 255 g/mol. The van der Waals surface area contributed by atoms with Crippen molar-refractivity contribution < 1.29 is 17.4 Å². The van der Waals surface area contributed by atoms with Gasteiger partial charge in [-0.15, -0.1) is 0 Å². The van der Waals surface area contributed by atoms with E-state index in [1.54, 1.807) is 0 Å². The van der Waals surface area contributed by atoms with Crippen molar-refractivity contribution >= 4 is 12.8 Å². The molecule has 1 N–H and O–H groups in total. The molecule has 4 heteroatoms. The van der Waals surface area contributed by atoms with Crippen LogP contribution in [-0.2, 0) is 30.2 Å². The molecule has 14 heavy (non-hydrogen) atoms. The Bertz CT molecular complexity index is 123. The molecular weight excluding hydrogens is 232 g/mol. The summed E-state index contributed by atoms with van der Waals surface area (Å²) in [6.07, 6.45) is 5.22. The first-order valence-electron chi connectivity index (χ1n) is 5.33. The van der Waals surface area contributed by atoms with Gasteiger partial charge in [-0.1, -0.05) is 26.7 Å². The molecule has 1 saturated carbocycles. The van der Waals surface area contributed by atoms with Crippen LogP contribution in [0.4, 0.5) is 0 Å². The van der Waals surface area contributed by atoms with Crippen molar-refractivity contribution in [1.29, 1.82) is 0 Å². The van der Waals surface area contributed by atoms with Gasteiger partial charge >= 0.3 is 0 Å². The van der Waals surface area contributed by atoms with E-state index < -0.39 is 0 Å². The van der Waals surface area contributed by atoms with Gasteiger partial charge < -0.3 is 22.4 Å². The van der Waals surface area contributed by atoms with Crippen molar-refractivity contribution in [2.24, 2.45) is 0 Å². The Morgan fingerprint density at radius 3 is 2.07 bits per heavy atom. The van der Waals surface area contributed by atoms with Gasteiger partial charge in [-0.3, -0.25) is 0 Å². The third-order valence-electron chi connectivity index (χ3n) is 2.57. The minimum absolute atomic E-state index is 0. The maximum Gasteiger partial charge on any atom is 0.0203 e. The van der Waals surface area contributed by atoms with Crippen molar-refractivity contribution in [3.8, 4) is 0 Å². The summed E-state index contributed by atoms with van der Waals surface area (Å²) in [4.78, 5) is 0. The molecule has 1 aliphatic carbocycles. The van der Waals surface area contributed by atoms with Crippen LogP contribution >= 0.6 is 0 Å². The minimum Gasteiger partial charge on any atom is -0.702 e. The van der Waals surface area contributed by atoms with Crippen molar-refractivity contribution in [2.75, 3.05) is 14.1 Å². The number of likely N-dealkylation sites (N-methyl/N-ethyl adjacent to an activating group) is 2. The van der Waals surface area contributed by atoms with Gasteiger partial charge in [0.1, 0.15) is 0 Å². The van der Waals surface area contributed by atoms with Gasteiger partial charge in [-0.25, -0.2) is 0 Å². The smallest absolute Gasteiger partial charge is 0.0203 e. The first-order chi connectivity index (χ1) is 6.25. The third-order valence-corrected chi connectivity index (χ3v) is 2.84. The van der Waals surface area contributed by atoms with Crippen LogP contribution in [0.1, 0.15) is 39.5 Å². The molecule has 0 saturated heterocycles. The van der Waals surface area contributed by atoms with Crippen LogP contribution in [0.5, 0.6) is 0 Å². The van der Waals surface area contributed by atoms with E-state index >= 15 is 0 Å². The molecule has 0 aromatic heterocycles. The second-order valence-corrected chi connectivity index (χ2v) is 3.87. The normalized spacial score (nSPS) is 26.1. The van der Waals surface area contributed by atoms with Gasteiger partial charge in [0.25, 0.3) is 0 Å². The molecule has 2 atom stereocenters. The zero-order valence-electron chi connectivity index (χ0n) is 9.75. The summed E-state index contributed by atoms with van der Waals surface area (Å²) in [6.45, 7) is 4.00. The summed E-state index contributed by atoms with van der Waals surface area (Å²) in [5, 5.41) is 3.33. The summed E-state index contributed by atoms with van der Waals surface area (Å²) >= 11 is 5.14. The molecule has 0 aromatic carbocycles. The van der Waals surface area contributed by atoms with Crippen LogP contribution < -0.4 is 5.32 Å². The molecule has 0 spiro atoms. The maximum atomic E-state index is 5.14. The van der Waals surface area contributed by atoms with Gasteiger partial charge in [-0.2, -0.15) is 0 Å². The molecular formula is C10H23CrN2S-. The Hall–Kier alpha value is 0.802. The van der Waals surface area contributed by atoms with Crippen molar-refractivity contribution in [3.05, 3.63) is 0 Å². The minimum atomic E-state index is 0. The fraction of sp³-hybridized carbons (Fsp3) is 1.00. The van der Waals surface area contributed by atoms with Crippen LogP contribution in [0.3, 0.4) is 0 Å². The van der Waals surface area contributed by atoms with Gasteiger partial charge in [0, 0.05) is 29.4 Å². The molecule has 0 heterocycles. The van der Waals surface area contributed by atoms with Crippen LogP contribution in [0.2, 0.25) is 0 Å². The molecule has 0 aliphatic heterocycles. The molecule has 86 valence electrons. The van der Waals surface area contributed by atoms with Crippen molar-refractivity contribution in [2.45, 2.75) is 51.6 Å². The van der Waals surface area contributed by atoms with Crippen LogP contribution in [-0.4, -0.2) is 30.5 Å². The second-order valence-electron chi connectivity index (χ2n) is 3.29. The van der Waals surface area contributed by atoms with Gasteiger partial charge in [-0.05, 0) is 26.9 Å². The molecule has 0 radical (unpaired) electrons. The third kappa shape index (κ3) is 5.63. The van der Waals surface area contributed by atoms with E-state index in [-0.39, 0.29) is 17.4 Å². The topological polar surface area (TPSA) is 15.3 Å². The van der Waals surface area contributed by atoms with E-state index in [0.29, 0.717) is 12.1 Å². The molecule has 1 aliphatic rings. The zero-order valence-corrected chi connectivity index (χ0v) is 11.8. The molecule has 0 bridgehead atoms. The van der Waals surface area contributed by atoms with Crippen LogP contribution in [0, 0.1) is 0 Å². The van der Waals surface area contributed by atoms with Crippen molar-refractivity contribution in [3.63, 3.8) is 0 Å². The number of hydrogen-bond acceptors (Lipinski definition) is 3. The van der Waals surface area contributed by atoms with E-state index in [9.17, 15) is 0 Å². The Morgan fingerprint density at radius 1 is 1.21 bits per heavy atom. The van der Waals surface area contributed by atoms with E-state index in [4.69, 9.17) is 12.8 Å². The van der Waals surface area contributed by atoms with Gasteiger partial charge in [0.2, 0.25) is 0 Å². The Kier molecular flexibility index (Phi) is 12.7. The van der Waals surface area contributed by atoms with Gasteiger partial charge in [0.15, 0.2) is 0 Å². The fourth-order valence-electron chi connectivity index (χ4n) is 1.88. The summed E-state index contributed by atoms with van der Waals surface area (Å²) in [7, 11) is 4.03. The SMILES string of the molecule is CC.CNC1CCCCC1N(C)[S-].[Cr]. The summed E-state index contributed by atoms with van der Waals surface area (Å²) < 4.78 is 1.93. The number of hydrogen-bond donors (Lipinski definition) is 1. The predicted molar refractivity (Wildman–Crippen MR) is 61.6 cm³/mol. The zero-order chi connectivity index (χ0) is 10.3. The number of rotatable bonds is 2. The first-order valence-corrected chi connectivity index (χ1v) is 5.69. The Labute approximate surface area is 105 Å². The van der Waals surface area contributed by atoms with Crippen LogP contribution in [0.15, 0.2) is 0 Å². The first kappa shape index (κ1) is 17.2. The quantitative estimate of drug-likeness (QED) is 0.759. The number of nitrogens with zero attached hydrogens (tertiary/aromatic N) is 1. The van der Waals surface area contributed by atoms with E-state index in [1.165, 1.54) is 25.7 Å². The maximum absolute atomic E-state index is 5.14. The Balaban J connectivity index is 0. The van der Waals surface area contributed by atoms with Crippen molar-refractivity contribution in [1.82, 2.24) is 9.62 Å². The average molecular weight is 255 g/mol. The molecule has 2 nitrogen and oxygen atoms in total. The van der Waals surface area contributed by atoms with Gasteiger partial charge in [0.05, 0.1) is 0 Å². The number of nitrogens with one attached hydrogen (secondary N) is 1. The van der Waals surface area contributed by atoms with E-state index in [1.807, 2.05) is 32.2 Å². The molecule has 0 aromatic rings. The molecule has 0 amide bonds. The molecule has 1 fully saturated rings. The van der Waals surface area contributed by atoms with E-state index in [0.717, 1.165) is 0 Å². The summed E-state index contributed by atoms with van der Waals surface area (Å²) in [6, 6.07) is 1.19. The Morgan fingerprint density at radius 2 is 1.71 bits per heavy atom.